The molecule has 2 rings (SSSR count). The van der Waals surface area contributed by atoms with Crippen molar-refractivity contribution in [2.24, 2.45) is 5.92 Å². The minimum Gasteiger partial charge on any atom is -0.348 e. The van der Waals surface area contributed by atoms with Gasteiger partial charge in [0.15, 0.2) is 0 Å². The van der Waals surface area contributed by atoms with Gasteiger partial charge in [-0.25, -0.2) is 0 Å². The van der Waals surface area contributed by atoms with Crippen molar-refractivity contribution in [3.8, 4) is 0 Å². The molecule has 22 heavy (non-hydrogen) atoms. The van der Waals surface area contributed by atoms with Crippen LogP contribution in [0.15, 0.2) is 30.3 Å². The average molecular weight is 314 g/mol. The van der Waals surface area contributed by atoms with E-state index in [0.717, 1.165) is 18.4 Å². The van der Waals surface area contributed by atoms with Crippen LogP contribution in [0.2, 0.25) is 0 Å². The van der Waals surface area contributed by atoms with Gasteiger partial charge in [-0.15, -0.1) is 0 Å². The summed E-state index contributed by atoms with van der Waals surface area (Å²) in [5, 5.41) is 2.96. The normalized spacial score (nSPS) is 16.6. The molecule has 1 aliphatic rings. The van der Waals surface area contributed by atoms with Crippen LogP contribution in [0.25, 0.3) is 0 Å². The van der Waals surface area contributed by atoms with Crippen LogP contribution in [0.1, 0.15) is 30.9 Å². The third-order valence-corrected chi connectivity index (χ3v) is 3.76. The van der Waals surface area contributed by atoms with Gasteiger partial charge in [-0.05, 0) is 31.4 Å². The molecule has 1 saturated carbocycles. The Kier molecular flexibility index (Phi) is 5.45. The zero-order valence-electron chi connectivity index (χ0n) is 12.6. The zero-order chi connectivity index (χ0) is 16.2. The van der Waals surface area contributed by atoms with E-state index < -0.39 is 12.6 Å². The third kappa shape index (κ3) is 5.67. The summed E-state index contributed by atoms with van der Waals surface area (Å²) < 4.78 is 36.5. The molecule has 1 amide bonds. The van der Waals surface area contributed by atoms with Crippen LogP contribution in [-0.4, -0.2) is 37.1 Å². The van der Waals surface area contributed by atoms with Gasteiger partial charge in [-0.2, -0.15) is 13.2 Å². The first-order valence-corrected chi connectivity index (χ1v) is 7.45. The van der Waals surface area contributed by atoms with E-state index in [1.807, 2.05) is 30.3 Å². The molecule has 0 spiro atoms. The first-order chi connectivity index (χ1) is 10.3. The van der Waals surface area contributed by atoms with Gasteiger partial charge in [-0.1, -0.05) is 30.3 Å². The van der Waals surface area contributed by atoms with Crippen LogP contribution in [0.5, 0.6) is 0 Å². The van der Waals surface area contributed by atoms with E-state index in [4.69, 9.17) is 0 Å². The molecule has 0 saturated heterocycles. The van der Waals surface area contributed by atoms with Crippen LogP contribution < -0.4 is 5.32 Å². The molecule has 0 radical (unpaired) electrons. The maximum atomic E-state index is 12.2. The maximum Gasteiger partial charge on any atom is 0.390 e. The molecule has 122 valence electrons. The lowest BCUT2D eigenvalue weighted by Crippen LogP contribution is -2.39. The number of alkyl halides is 3. The van der Waals surface area contributed by atoms with Crippen molar-refractivity contribution >= 4 is 5.91 Å². The van der Waals surface area contributed by atoms with Gasteiger partial charge in [0.05, 0.1) is 19.0 Å². The molecule has 0 bridgehead atoms. The standard InChI is InChI=1S/C16H21F3N2O/c1-21(10-9-16(17,18)19)11-14(22)20-15(13-7-8-13)12-5-3-2-4-6-12/h2-6,13,15H,7-11H2,1H3,(H,20,22). The quantitative estimate of drug-likeness (QED) is 0.838. The average Bonchev–Trinajstić information content (AvgIpc) is 3.27. The van der Waals surface area contributed by atoms with Crippen molar-refractivity contribution in [3.05, 3.63) is 35.9 Å². The third-order valence-electron chi connectivity index (χ3n) is 3.76. The largest absolute Gasteiger partial charge is 0.390 e. The Morgan fingerprint density at radius 2 is 1.95 bits per heavy atom. The van der Waals surface area contributed by atoms with E-state index in [2.05, 4.69) is 5.32 Å². The van der Waals surface area contributed by atoms with E-state index in [0.29, 0.717) is 5.92 Å². The van der Waals surface area contributed by atoms with E-state index in [-0.39, 0.29) is 25.0 Å². The second-order valence-corrected chi connectivity index (χ2v) is 5.90. The topological polar surface area (TPSA) is 32.3 Å². The molecular formula is C16H21F3N2O. The van der Waals surface area contributed by atoms with E-state index in [9.17, 15) is 18.0 Å². The molecule has 1 aromatic carbocycles. The fraction of sp³-hybridized carbons (Fsp3) is 0.562. The summed E-state index contributed by atoms with van der Waals surface area (Å²) in [4.78, 5) is 13.5. The highest BCUT2D eigenvalue weighted by Gasteiger charge is 2.33. The van der Waals surface area contributed by atoms with Crippen LogP contribution in [0.4, 0.5) is 13.2 Å². The first-order valence-electron chi connectivity index (χ1n) is 7.45. The molecular weight excluding hydrogens is 293 g/mol. The number of nitrogens with one attached hydrogen (secondary N) is 1. The molecule has 0 aliphatic heterocycles. The van der Waals surface area contributed by atoms with Gasteiger partial charge in [0.25, 0.3) is 0 Å². The number of rotatable bonds is 7. The van der Waals surface area contributed by atoms with Gasteiger partial charge in [0.1, 0.15) is 0 Å². The van der Waals surface area contributed by atoms with Crippen LogP contribution >= 0.6 is 0 Å². The minimum absolute atomic E-state index is 0.0217. The monoisotopic (exact) mass is 314 g/mol. The molecule has 3 nitrogen and oxygen atoms in total. The van der Waals surface area contributed by atoms with Crippen LogP contribution in [-0.2, 0) is 4.79 Å². The highest BCUT2D eigenvalue weighted by molar-refractivity contribution is 5.78. The van der Waals surface area contributed by atoms with Crippen molar-refractivity contribution < 1.29 is 18.0 Å². The lowest BCUT2D eigenvalue weighted by Gasteiger charge is -2.22. The van der Waals surface area contributed by atoms with Crippen molar-refractivity contribution in [2.45, 2.75) is 31.5 Å². The lowest BCUT2D eigenvalue weighted by molar-refractivity contribution is -0.139. The summed E-state index contributed by atoms with van der Waals surface area (Å²) in [5.74, 6) is 0.206. The van der Waals surface area contributed by atoms with E-state index in [1.165, 1.54) is 11.9 Å². The highest BCUT2D eigenvalue weighted by atomic mass is 19.4. The van der Waals surface area contributed by atoms with Gasteiger partial charge in [0.2, 0.25) is 5.91 Å². The molecule has 1 atom stereocenters. The Labute approximate surface area is 128 Å². The highest BCUT2D eigenvalue weighted by Crippen LogP contribution is 2.40. The van der Waals surface area contributed by atoms with Gasteiger partial charge < -0.3 is 5.32 Å². The molecule has 1 aliphatic carbocycles. The Balaban J connectivity index is 1.84. The Morgan fingerprint density at radius 1 is 1.32 bits per heavy atom. The summed E-state index contributed by atoms with van der Waals surface area (Å²) in [6, 6.07) is 9.66. The Hall–Kier alpha value is -1.56. The summed E-state index contributed by atoms with van der Waals surface area (Å²) in [5.41, 5.74) is 1.05. The minimum atomic E-state index is -4.19. The second-order valence-electron chi connectivity index (χ2n) is 5.90. The van der Waals surface area contributed by atoms with Gasteiger partial charge in [-0.3, -0.25) is 9.69 Å². The molecule has 1 unspecified atom stereocenters. The maximum absolute atomic E-state index is 12.2. The second kappa shape index (κ2) is 7.13. The number of carbonyl (C=O) groups is 1. The lowest BCUT2D eigenvalue weighted by atomic mass is 10.0. The number of nitrogens with zero attached hydrogens (tertiary/aromatic N) is 1. The number of halogens is 3. The van der Waals surface area contributed by atoms with Crippen molar-refractivity contribution in [3.63, 3.8) is 0 Å². The van der Waals surface area contributed by atoms with Crippen LogP contribution in [0.3, 0.4) is 0 Å². The van der Waals surface area contributed by atoms with Crippen molar-refractivity contribution in [2.75, 3.05) is 20.1 Å². The molecule has 1 aromatic rings. The van der Waals surface area contributed by atoms with Crippen LogP contribution in [0, 0.1) is 5.92 Å². The fourth-order valence-corrected chi connectivity index (χ4v) is 2.42. The predicted molar refractivity (Wildman–Crippen MR) is 78.2 cm³/mol. The fourth-order valence-electron chi connectivity index (χ4n) is 2.42. The summed E-state index contributed by atoms with van der Waals surface area (Å²) in [7, 11) is 1.53. The first kappa shape index (κ1) is 16.8. The van der Waals surface area contributed by atoms with Crippen molar-refractivity contribution in [1.29, 1.82) is 0 Å². The molecule has 6 heteroatoms. The molecule has 1 fully saturated rings. The van der Waals surface area contributed by atoms with Gasteiger partial charge >= 0.3 is 6.18 Å². The summed E-state index contributed by atoms with van der Waals surface area (Å²) >= 11 is 0. The smallest absolute Gasteiger partial charge is 0.348 e. The summed E-state index contributed by atoms with van der Waals surface area (Å²) in [6.45, 7) is -0.192. The van der Waals surface area contributed by atoms with Crippen molar-refractivity contribution in [1.82, 2.24) is 10.2 Å². The molecule has 0 heterocycles. The Morgan fingerprint density at radius 3 is 2.50 bits per heavy atom. The zero-order valence-corrected chi connectivity index (χ0v) is 12.6. The van der Waals surface area contributed by atoms with E-state index >= 15 is 0 Å². The number of carbonyl (C=O) groups excluding carboxylic acids is 1. The molecule has 0 aromatic heterocycles. The number of hydrogen-bond donors (Lipinski definition) is 1. The number of amides is 1. The molecule has 1 N–H and O–H groups in total. The SMILES string of the molecule is CN(CCC(F)(F)F)CC(=O)NC(c1ccccc1)C1CC1. The van der Waals surface area contributed by atoms with E-state index in [1.54, 1.807) is 0 Å². The summed E-state index contributed by atoms with van der Waals surface area (Å²) in [6.07, 6.45) is -2.94. The Bertz CT molecular complexity index is 486. The number of benzene rings is 1. The predicted octanol–water partition coefficient (Wildman–Crippen LogP) is 3.14. The number of likely N-dealkylation sites (N-methyl/N-ethyl adjacent to an activating group) is 1. The number of hydrogen-bond acceptors (Lipinski definition) is 2. The van der Waals surface area contributed by atoms with Gasteiger partial charge in [0, 0.05) is 6.54 Å².